The van der Waals surface area contributed by atoms with Crippen LogP contribution >= 0.6 is 0 Å². The Labute approximate surface area is 76.9 Å². The number of hydrogen-bond donors (Lipinski definition) is 1. The summed E-state index contributed by atoms with van der Waals surface area (Å²) < 4.78 is 0. The topological polar surface area (TPSA) is 64.2 Å². The summed E-state index contributed by atoms with van der Waals surface area (Å²) >= 11 is 0. The van der Waals surface area contributed by atoms with Crippen molar-refractivity contribution >= 4 is 17.7 Å². The first-order chi connectivity index (χ1) is 6.33. The predicted molar refractivity (Wildman–Crippen MR) is 52.2 cm³/mol. The van der Waals surface area contributed by atoms with Gasteiger partial charge in [0.05, 0.1) is 5.69 Å². The van der Waals surface area contributed by atoms with E-state index in [1.54, 1.807) is 0 Å². The van der Waals surface area contributed by atoms with Crippen LogP contribution in [0, 0.1) is 0 Å². The number of nitrogens with two attached hydrogens (primary N) is 1. The van der Waals surface area contributed by atoms with Crippen molar-refractivity contribution in [1.82, 2.24) is 9.97 Å². The fourth-order valence-electron chi connectivity index (χ4n) is 1.58. The monoisotopic (exact) mass is 176 g/mol. The van der Waals surface area contributed by atoms with Gasteiger partial charge in [-0.15, -0.1) is 0 Å². The van der Waals surface area contributed by atoms with Crippen molar-refractivity contribution in [1.29, 1.82) is 0 Å². The van der Waals surface area contributed by atoms with Gasteiger partial charge in [-0.1, -0.05) is 6.92 Å². The fourth-order valence-corrected chi connectivity index (χ4v) is 1.58. The molecule has 1 aromatic rings. The Bertz CT molecular complexity index is 345. The van der Waals surface area contributed by atoms with Gasteiger partial charge < -0.3 is 5.73 Å². The Morgan fingerprint density at radius 1 is 1.54 bits per heavy atom. The van der Waals surface area contributed by atoms with Crippen molar-refractivity contribution in [2.24, 2.45) is 4.99 Å². The van der Waals surface area contributed by atoms with Crippen molar-refractivity contribution in [2.75, 3.05) is 5.73 Å². The molecule has 0 fully saturated rings. The maximum atomic E-state index is 5.69. The summed E-state index contributed by atoms with van der Waals surface area (Å²) in [7, 11) is 0. The van der Waals surface area contributed by atoms with Crippen molar-refractivity contribution < 1.29 is 0 Å². The molecule has 2 heterocycles. The minimum Gasteiger partial charge on any atom is -0.382 e. The third-order valence-corrected chi connectivity index (χ3v) is 2.37. The zero-order chi connectivity index (χ0) is 9.26. The molecule has 1 unspecified atom stereocenters. The van der Waals surface area contributed by atoms with Crippen molar-refractivity contribution in [3.8, 4) is 0 Å². The molecule has 0 saturated heterocycles. The molecule has 0 saturated carbocycles. The predicted octanol–water partition coefficient (Wildman–Crippen LogP) is 1.66. The molecule has 0 amide bonds. The minimum absolute atomic E-state index is 0.456. The van der Waals surface area contributed by atoms with Crippen LogP contribution in [0.15, 0.2) is 11.3 Å². The van der Waals surface area contributed by atoms with Gasteiger partial charge in [-0.2, -0.15) is 0 Å². The average Bonchev–Trinajstić information content (AvgIpc) is 2.18. The van der Waals surface area contributed by atoms with Gasteiger partial charge in [0, 0.05) is 12.1 Å². The molecule has 4 nitrogen and oxygen atoms in total. The molecular formula is C9H12N4. The van der Waals surface area contributed by atoms with Crippen LogP contribution in [-0.2, 0) is 0 Å². The SMILES string of the molecule is CCC1CC=Nc2c(N)ncnc21. The van der Waals surface area contributed by atoms with Crippen LogP contribution in [0.3, 0.4) is 0 Å². The standard InChI is InChI=1S/C9H12N4/c1-2-6-3-4-11-8-7(6)12-5-13-9(8)10/h4-6H,2-3H2,1H3,(H2,10,12,13). The van der Waals surface area contributed by atoms with Crippen LogP contribution < -0.4 is 5.73 Å². The summed E-state index contributed by atoms with van der Waals surface area (Å²) in [6.45, 7) is 2.14. The van der Waals surface area contributed by atoms with E-state index in [1.807, 2.05) is 6.21 Å². The number of nitrogens with zero attached hydrogens (tertiary/aromatic N) is 3. The highest BCUT2D eigenvalue weighted by Gasteiger charge is 2.19. The minimum atomic E-state index is 0.456. The maximum absolute atomic E-state index is 5.69. The molecule has 0 aromatic carbocycles. The van der Waals surface area contributed by atoms with Gasteiger partial charge in [0.2, 0.25) is 0 Å². The van der Waals surface area contributed by atoms with Gasteiger partial charge in [-0.25, -0.2) is 9.97 Å². The third-order valence-electron chi connectivity index (χ3n) is 2.37. The summed E-state index contributed by atoms with van der Waals surface area (Å²) in [5.74, 6) is 0.942. The molecule has 1 aliphatic heterocycles. The van der Waals surface area contributed by atoms with E-state index in [1.165, 1.54) is 6.33 Å². The molecule has 1 aromatic heterocycles. The number of rotatable bonds is 1. The normalized spacial score (nSPS) is 19.9. The lowest BCUT2D eigenvalue weighted by Gasteiger charge is -2.18. The van der Waals surface area contributed by atoms with Crippen LogP contribution in [0.25, 0.3) is 0 Å². The second-order valence-electron chi connectivity index (χ2n) is 3.15. The molecule has 68 valence electrons. The molecule has 0 bridgehead atoms. The summed E-state index contributed by atoms with van der Waals surface area (Å²) in [5, 5.41) is 0. The molecule has 1 atom stereocenters. The van der Waals surface area contributed by atoms with Crippen LogP contribution in [0.4, 0.5) is 11.5 Å². The first-order valence-electron chi connectivity index (χ1n) is 4.45. The fraction of sp³-hybridized carbons (Fsp3) is 0.444. The zero-order valence-corrected chi connectivity index (χ0v) is 7.57. The molecule has 0 aliphatic carbocycles. The van der Waals surface area contributed by atoms with E-state index in [4.69, 9.17) is 5.73 Å². The van der Waals surface area contributed by atoms with E-state index in [0.717, 1.165) is 24.2 Å². The lowest BCUT2D eigenvalue weighted by molar-refractivity contribution is 0.665. The number of hydrogen-bond acceptors (Lipinski definition) is 4. The van der Waals surface area contributed by atoms with E-state index in [0.29, 0.717) is 11.7 Å². The summed E-state index contributed by atoms with van der Waals surface area (Å²) in [4.78, 5) is 12.4. The zero-order valence-electron chi connectivity index (χ0n) is 7.57. The number of aromatic nitrogens is 2. The van der Waals surface area contributed by atoms with E-state index in [-0.39, 0.29) is 0 Å². The molecule has 2 N–H and O–H groups in total. The Morgan fingerprint density at radius 2 is 2.38 bits per heavy atom. The van der Waals surface area contributed by atoms with E-state index < -0.39 is 0 Å². The summed E-state index contributed by atoms with van der Waals surface area (Å²) in [6, 6.07) is 0. The molecule has 0 radical (unpaired) electrons. The number of anilines is 1. The largest absolute Gasteiger partial charge is 0.382 e. The quantitative estimate of drug-likeness (QED) is 0.707. The number of aliphatic imine (C=N–C) groups is 1. The van der Waals surface area contributed by atoms with Crippen molar-refractivity contribution in [2.45, 2.75) is 25.7 Å². The Hall–Kier alpha value is -1.45. The lowest BCUT2D eigenvalue weighted by atomic mass is 9.95. The summed E-state index contributed by atoms with van der Waals surface area (Å²) in [5.41, 5.74) is 7.46. The summed E-state index contributed by atoms with van der Waals surface area (Å²) in [6.07, 6.45) is 5.43. The first-order valence-corrected chi connectivity index (χ1v) is 4.45. The Kier molecular flexibility index (Phi) is 1.96. The Balaban J connectivity index is 2.53. The second kappa shape index (κ2) is 3.12. The highest BCUT2D eigenvalue weighted by atomic mass is 15.0. The van der Waals surface area contributed by atoms with Crippen LogP contribution in [-0.4, -0.2) is 16.2 Å². The molecule has 0 spiro atoms. The number of nitrogen functional groups attached to an aromatic ring is 1. The van der Waals surface area contributed by atoms with Gasteiger partial charge in [-0.3, -0.25) is 4.99 Å². The molecule has 2 rings (SSSR count). The van der Waals surface area contributed by atoms with E-state index >= 15 is 0 Å². The molecule has 13 heavy (non-hydrogen) atoms. The van der Waals surface area contributed by atoms with E-state index in [2.05, 4.69) is 21.9 Å². The van der Waals surface area contributed by atoms with Crippen molar-refractivity contribution in [3.63, 3.8) is 0 Å². The van der Waals surface area contributed by atoms with E-state index in [9.17, 15) is 0 Å². The van der Waals surface area contributed by atoms with Gasteiger partial charge in [-0.05, 0) is 12.8 Å². The maximum Gasteiger partial charge on any atom is 0.153 e. The Morgan fingerprint density at radius 3 is 3.15 bits per heavy atom. The van der Waals surface area contributed by atoms with Crippen LogP contribution in [0.5, 0.6) is 0 Å². The lowest BCUT2D eigenvalue weighted by Crippen LogP contribution is -2.08. The third kappa shape index (κ3) is 1.28. The molecular weight excluding hydrogens is 164 g/mol. The van der Waals surface area contributed by atoms with Gasteiger partial charge in [0.25, 0.3) is 0 Å². The second-order valence-corrected chi connectivity index (χ2v) is 3.15. The van der Waals surface area contributed by atoms with Crippen LogP contribution in [0.1, 0.15) is 31.4 Å². The highest BCUT2D eigenvalue weighted by molar-refractivity contribution is 5.74. The highest BCUT2D eigenvalue weighted by Crippen LogP contribution is 2.35. The van der Waals surface area contributed by atoms with Gasteiger partial charge in [0.15, 0.2) is 5.82 Å². The average molecular weight is 176 g/mol. The van der Waals surface area contributed by atoms with Gasteiger partial charge >= 0.3 is 0 Å². The van der Waals surface area contributed by atoms with Crippen LogP contribution in [0.2, 0.25) is 0 Å². The van der Waals surface area contributed by atoms with Gasteiger partial charge in [0.1, 0.15) is 12.0 Å². The van der Waals surface area contributed by atoms with Crippen molar-refractivity contribution in [3.05, 3.63) is 12.0 Å². The smallest absolute Gasteiger partial charge is 0.153 e. The number of fused-ring (bicyclic) bond motifs is 1. The first kappa shape index (κ1) is 8.16. The molecule has 1 aliphatic rings. The molecule has 4 heteroatoms.